The molecule has 34 heavy (non-hydrogen) atoms. The van der Waals surface area contributed by atoms with Crippen molar-refractivity contribution in [3.8, 4) is 5.75 Å². The van der Waals surface area contributed by atoms with E-state index in [1.807, 2.05) is 13.8 Å². The lowest BCUT2D eigenvalue weighted by atomic mass is 10.0. The average molecular weight is 500 g/mol. The van der Waals surface area contributed by atoms with E-state index in [-0.39, 0.29) is 16.5 Å². The molecule has 0 bridgehead atoms. The van der Waals surface area contributed by atoms with E-state index in [0.717, 1.165) is 29.9 Å². The highest BCUT2D eigenvalue weighted by Gasteiger charge is 2.23. The zero-order chi connectivity index (χ0) is 24.5. The van der Waals surface area contributed by atoms with Gasteiger partial charge in [0.05, 0.1) is 17.7 Å². The first-order valence-corrected chi connectivity index (χ1v) is 13.5. The monoisotopic (exact) mass is 499 g/mol. The smallest absolute Gasteiger partial charge is 0.267 e. The molecular weight excluding hydrogens is 470 g/mol. The molecule has 180 valence electrons. The number of thiophene rings is 1. The minimum atomic E-state index is -3.86. The van der Waals surface area contributed by atoms with Gasteiger partial charge in [-0.15, -0.1) is 11.3 Å². The van der Waals surface area contributed by atoms with E-state index in [4.69, 9.17) is 4.74 Å². The van der Waals surface area contributed by atoms with E-state index in [9.17, 15) is 13.2 Å². The van der Waals surface area contributed by atoms with Crippen molar-refractivity contribution in [1.82, 2.24) is 0 Å². The second-order valence-corrected chi connectivity index (χ2v) is 11.1. The van der Waals surface area contributed by atoms with Gasteiger partial charge < -0.3 is 15.0 Å². The quantitative estimate of drug-likeness (QED) is 0.458. The molecule has 1 aromatic heterocycles. The van der Waals surface area contributed by atoms with Crippen molar-refractivity contribution in [1.29, 1.82) is 0 Å². The van der Waals surface area contributed by atoms with Gasteiger partial charge in [0.1, 0.15) is 10.6 Å². The summed E-state index contributed by atoms with van der Waals surface area (Å²) in [5, 5.41) is 4.75. The Hall–Kier alpha value is -3.04. The average Bonchev–Trinajstić information content (AvgIpc) is 3.49. The zero-order valence-electron chi connectivity index (χ0n) is 19.8. The Kier molecular flexibility index (Phi) is 6.86. The molecule has 2 N–H and O–H groups in total. The summed E-state index contributed by atoms with van der Waals surface area (Å²) in [5.74, 6) is 0.219. The summed E-state index contributed by atoms with van der Waals surface area (Å²) < 4.78 is 33.4. The van der Waals surface area contributed by atoms with Crippen LogP contribution in [0.25, 0.3) is 0 Å². The number of nitrogens with one attached hydrogen (secondary N) is 2. The van der Waals surface area contributed by atoms with Crippen molar-refractivity contribution in [3.63, 3.8) is 0 Å². The second-order valence-electron chi connectivity index (χ2n) is 8.45. The molecule has 0 aliphatic carbocycles. The lowest BCUT2D eigenvalue weighted by molar-refractivity contribution is 0.103. The van der Waals surface area contributed by atoms with Crippen molar-refractivity contribution in [2.24, 2.45) is 0 Å². The number of anilines is 3. The molecule has 2 aromatic carbocycles. The Balaban J connectivity index is 1.59. The molecule has 3 aromatic rings. The fourth-order valence-corrected chi connectivity index (χ4v) is 6.37. The Labute approximate surface area is 204 Å². The predicted molar refractivity (Wildman–Crippen MR) is 138 cm³/mol. The number of ether oxygens (including phenoxy) is 1. The van der Waals surface area contributed by atoms with Crippen molar-refractivity contribution in [2.45, 2.75) is 38.5 Å². The topological polar surface area (TPSA) is 87.7 Å². The van der Waals surface area contributed by atoms with Crippen LogP contribution >= 0.6 is 11.3 Å². The predicted octanol–water partition coefficient (Wildman–Crippen LogP) is 5.34. The van der Waals surface area contributed by atoms with Crippen LogP contribution in [0, 0.1) is 20.8 Å². The number of carbonyl (C=O) groups excluding carboxylic acids is 1. The van der Waals surface area contributed by atoms with Gasteiger partial charge in [-0.1, -0.05) is 6.07 Å². The fourth-order valence-electron chi connectivity index (χ4n) is 4.49. The first kappa shape index (κ1) is 24.1. The summed E-state index contributed by atoms with van der Waals surface area (Å²) >= 11 is 1.19. The van der Waals surface area contributed by atoms with Crippen LogP contribution in [0.2, 0.25) is 0 Å². The molecule has 1 saturated heterocycles. The Morgan fingerprint density at radius 2 is 1.71 bits per heavy atom. The Bertz CT molecular complexity index is 1310. The third-order valence-corrected chi connectivity index (χ3v) is 8.37. The molecule has 1 fully saturated rings. The third kappa shape index (κ3) is 4.76. The lowest BCUT2D eigenvalue weighted by Gasteiger charge is -2.26. The second kappa shape index (κ2) is 9.68. The maximum Gasteiger partial charge on any atom is 0.267 e. The van der Waals surface area contributed by atoms with Crippen molar-refractivity contribution >= 4 is 44.3 Å². The van der Waals surface area contributed by atoms with Crippen molar-refractivity contribution in [2.75, 3.05) is 35.1 Å². The standard InChI is InChI=1S/C25H29N3O4S2/c1-16-15-17(2)23(28-12-5-6-13-28)18(3)22(16)26-25(29)24-21(11-14-33-24)27-34(30,31)20-9-7-19(32-4)8-10-20/h7-11,14-15,27H,5-6,12-13H2,1-4H3,(H,26,29). The number of carbonyl (C=O) groups is 1. The number of methoxy groups -OCH3 is 1. The van der Waals surface area contributed by atoms with Crippen LogP contribution in [-0.4, -0.2) is 34.5 Å². The SMILES string of the molecule is COc1ccc(S(=O)(=O)Nc2ccsc2C(=O)Nc2c(C)cc(C)c(N3CCCC3)c2C)cc1. The summed E-state index contributed by atoms with van der Waals surface area (Å²) in [6.07, 6.45) is 2.34. The molecule has 0 radical (unpaired) electrons. The van der Waals surface area contributed by atoms with Gasteiger partial charge >= 0.3 is 0 Å². The van der Waals surface area contributed by atoms with Gasteiger partial charge in [-0.3, -0.25) is 9.52 Å². The van der Waals surface area contributed by atoms with Gasteiger partial charge in [-0.25, -0.2) is 8.42 Å². The number of nitrogens with zero attached hydrogens (tertiary/aromatic N) is 1. The van der Waals surface area contributed by atoms with Gasteiger partial charge in [0.25, 0.3) is 15.9 Å². The number of sulfonamides is 1. The molecule has 0 spiro atoms. The zero-order valence-corrected chi connectivity index (χ0v) is 21.4. The number of hydrogen-bond acceptors (Lipinski definition) is 6. The summed E-state index contributed by atoms with van der Waals surface area (Å²) in [5.41, 5.74) is 5.40. The molecule has 1 aliphatic heterocycles. The fraction of sp³-hybridized carbons (Fsp3) is 0.320. The normalized spacial score (nSPS) is 13.7. The first-order chi connectivity index (χ1) is 16.2. The molecule has 9 heteroatoms. The molecule has 2 heterocycles. The third-order valence-electron chi connectivity index (χ3n) is 6.08. The van der Waals surface area contributed by atoms with E-state index < -0.39 is 10.0 Å². The number of rotatable bonds is 7. The van der Waals surface area contributed by atoms with Crippen LogP contribution in [0.3, 0.4) is 0 Å². The van der Waals surface area contributed by atoms with Crippen LogP contribution in [0.4, 0.5) is 17.1 Å². The van der Waals surface area contributed by atoms with Crippen LogP contribution in [-0.2, 0) is 10.0 Å². The van der Waals surface area contributed by atoms with E-state index in [2.05, 4.69) is 27.9 Å². The summed E-state index contributed by atoms with van der Waals surface area (Å²) in [6, 6.07) is 9.79. The van der Waals surface area contributed by atoms with Crippen molar-refractivity contribution in [3.05, 3.63) is 63.3 Å². The molecular formula is C25H29N3O4S2. The Morgan fingerprint density at radius 3 is 2.35 bits per heavy atom. The van der Waals surface area contributed by atoms with E-state index in [1.165, 1.54) is 54.7 Å². The molecule has 0 saturated carbocycles. The van der Waals surface area contributed by atoms with Gasteiger partial charge in [0.2, 0.25) is 0 Å². The number of amides is 1. The van der Waals surface area contributed by atoms with Crippen LogP contribution in [0.15, 0.2) is 46.7 Å². The molecule has 0 atom stereocenters. The largest absolute Gasteiger partial charge is 0.497 e. The summed E-state index contributed by atoms with van der Waals surface area (Å²) in [7, 11) is -2.34. The van der Waals surface area contributed by atoms with E-state index in [0.29, 0.717) is 10.6 Å². The Morgan fingerprint density at radius 1 is 1.03 bits per heavy atom. The number of hydrogen-bond donors (Lipinski definition) is 2. The number of benzene rings is 2. The minimum absolute atomic E-state index is 0.0892. The highest BCUT2D eigenvalue weighted by molar-refractivity contribution is 7.92. The van der Waals surface area contributed by atoms with Gasteiger partial charge in [-0.2, -0.15) is 0 Å². The molecule has 0 unspecified atom stereocenters. The van der Waals surface area contributed by atoms with Crippen LogP contribution in [0.1, 0.15) is 39.2 Å². The van der Waals surface area contributed by atoms with Gasteiger partial charge in [-0.05, 0) is 86.0 Å². The maximum atomic E-state index is 13.3. The summed E-state index contributed by atoms with van der Waals surface area (Å²) in [4.78, 5) is 16.0. The van der Waals surface area contributed by atoms with E-state index in [1.54, 1.807) is 23.6 Å². The van der Waals surface area contributed by atoms with Crippen molar-refractivity contribution < 1.29 is 17.9 Å². The van der Waals surface area contributed by atoms with E-state index >= 15 is 0 Å². The highest BCUT2D eigenvalue weighted by atomic mass is 32.2. The van der Waals surface area contributed by atoms with Crippen LogP contribution < -0.4 is 19.7 Å². The molecule has 7 nitrogen and oxygen atoms in total. The van der Waals surface area contributed by atoms with Gasteiger partial charge in [0, 0.05) is 24.5 Å². The van der Waals surface area contributed by atoms with Crippen LogP contribution in [0.5, 0.6) is 5.75 Å². The molecule has 1 aliphatic rings. The van der Waals surface area contributed by atoms with Gasteiger partial charge in [0.15, 0.2) is 0 Å². The molecule has 4 rings (SSSR count). The maximum absolute atomic E-state index is 13.3. The lowest BCUT2D eigenvalue weighted by Crippen LogP contribution is -2.22. The molecule has 1 amide bonds. The first-order valence-electron chi connectivity index (χ1n) is 11.1. The highest BCUT2D eigenvalue weighted by Crippen LogP contribution is 2.36. The summed E-state index contributed by atoms with van der Waals surface area (Å²) in [6.45, 7) is 8.14. The number of aryl methyl sites for hydroxylation is 2. The minimum Gasteiger partial charge on any atom is -0.497 e.